The Morgan fingerprint density at radius 1 is 1.22 bits per heavy atom. The molecule has 3 aromatic rings. The second kappa shape index (κ2) is 6.12. The molecule has 118 valence electrons. The Bertz CT molecular complexity index is 835. The number of pyridine rings is 1. The van der Waals surface area contributed by atoms with Crippen molar-refractivity contribution in [3.05, 3.63) is 54.4 Å². The van der Waals surface area contributed by atoms with Gasteiger partial charge in [0.15, 0.2) is 0 Å². The second-order valence-corrected chi connectivity index (χ2v) is 5.65. The van der Waals surface area contributed by atoms with E-state index in [-0.39, 0.29) is 5.97 Å². The third-order valence-corrected chi connectivity index (χ3v) is 3.65. The van der Waals surface area contributed by atoms with Crippen molar-refractivity contribution in [2.75, 3.05) is 19.0 Å². The van der Waals surface area contributed by atoms with Gasteiger partial charge in [-0.25, -0.2) is 4.98 Å². The maximum Gasteiger partial charge on any atom is 0.302 e. The summed E-state index contributed by atoms with van der Waals surface area (Å²) in [5, 5.41) is 0. The molecule has 5 heteroatoms. The lowest BCUT2D eigenvalue weighted by atomic mass is 10.1. The van der Waals surface area contributed by atoms with E-state index in [1.807, 2.05) is 55.2 Å². The molecule has 2 heterocycles. The molecule has 5 nitrogen and oxygen atoms in total. The van der Waals surface area contributed by atoms with Crippen LogP contribution in [0.15, 0.2) is 48.8 Å². The Hall–Kier alpha value is -2.82. The Kier molecular flexibility index (Phi) is 4.02. The molecule has 0 radical (unpaired) electrons. The molecule has 0 fully saturated rings. The third-order valence-electron chi connectivity index (χ3n) is 3.65. The minimum Gasteiger partial charge on any atom is -0.461 e. The van der Waals surface area contributed by atoms with E-state index in [0.717, 1.165) is 28.2 Å². The highest BCUT2D eigenvalue weighted by Crippen LogP contribution is 2.22. The lowest BCUT2D eigenvalue weighted by Crippen LogP contribution is -2.08. The standard InChI is InChI=1S/C18H19N3O2/c1-13(22)23-12-14-4-6-15(7-5-14)17-11-21-9-8-16(20(2)3)10-18(21)19-17/h4-11H,12H2,1-3H3. The van der Waals surface area contributed by atoms with E-state index in [2.05, 4.69) is 22.0 Å². The first-order valence-corrected chi connectivity index (χ1v) is 7.42. The monoisotopic (exact) mass is 309 g/mol. The number of rotatable bonds is 4. The van der Waals surface area contributed by atoms with Gasteiger partial charge in [-0.2, -0.15) is 0 Å². The first-order valence-electron chi connectivity index (χ1n) is 7.42. The summed E-state index contributed by atoms with van der Waals surface area (Å²) >= 11 is 0. The summed E-state index contributed by atoms with van der Waals surface area (Å²) in [7, 11) is 4.02. The number of aromatic nitrogens is 2. The van der Waals surface area contributed by atoms with Gasteiger partial charge in [0.05, 0.1) is 5.69 Å². The van der Waals surface area contributed by atoms with Crippen LogP contribution in [0.4, 0.5) is 5.69 Å². The molecule has 0 saturated heterocycles. The number of esters is 1. The minimum absolute atomic E-state index is 0.272. The number of carbonyl (C=O) groups is 1. The molecular weight excluding hydrogens is 290 g/mol. The van der Waals surface area contributed by atoms with Crippen LogP contribution in [0, 0.1) is 0 Å². The fourth-order valence-electron chi connectivity index (χ4n) is 2.35. The van der Waals surface area contributed by atoms with E-state index in [9.17, 15) is 4.79 Å². The lowest BCUT2D eigenvalue weighted by Gasteiger charge is -2.11. The summed E-state index contributed by atoms with van der Waals surface area (Å²) in [4.78, 5) is 17.6. The largest absolute Gasteiger partial charge is 0.461 e. The van der Waals surface area contributed by atoms with E-state index in [1.165, 1.54) is 6.92 Å². The third kappa shape index (κ3) is 3.34. The average molecular weight is 309 g/mol. The van der Waals surface area contributed by atoms with Crippen molar-refractivity contribution in [1.29, 1.82) is 0 Å². The van der Waals surface area contributed by atoms with Crippen LogP contribution in [-0.2, 0) is 16.1 Å². The normalized spacial score (nSPS) is 10.7. The van der Waals surface area contributed by atoms with Crippen molar-refractivity contribution < 1.29 is 9.53 Å². The van der Waals surface area contributed by atoms with Gasteiger partial charge in [0.25, 0.3) is 0 Å². The predicted molar refractivity (Wildman–Crippen MR) is 90.4 cm³/mol. The van der Waals surface area contributed by atoms with Crippen LogP contribution < -0.4 is 4.90 Å². The molecule has 0 amide bonds. The van der Waals surface area contributed by atoms with Crippen molar-refractivity contribution in [3.8, 4) is 11.3 Å². The van der Waals surface area contributed by atoms with E-state index in [4.69, 9.17) is 4.74 Å². The van der Waals surface area contributed by atoms with Crippen LogP contribution in [-0.4, -0.2) is 29.4 Å². The Morgan fingerprint density at radius 2 is 1.96 bits per heavy atom. The van der Waals surface area contributed by atoms with Gasteiger partial charge in [0.1, 0.15) is 12.3 Å². The fourth-order valence-corrected chi connectivity index (χ4v) is 2.35. The topological polar surface area (TPSA) is 46.8 Å². The Balaban J connectivity index is 1.86. The number of hydrogen-bond acceptors (Lipinski definition) is 4. The van der Waals surface area contributed by atoms with E-state index >= 15 is 0 Å². The first kappa shape index (κ1) is 15.1. The van der Waals surface area contributed by atoms with Crippen LogP contribution in [0.1, 0.15) is 12.5 Å². The predicted octanol–water partition coefficient (Wildman–Crippen LogP) is 3.13. The van der Waals surface area contributed by atoms with Crippen molar-refractivity contribution in [1.82, 2.24) is 9.38 Å². The molecule has 0 aliphatic heterocycles. The van der Waals surface area contributed by atoms with Gasteiger partial charge in [-0.05, 0) is 11.6 Å². The maximum absolute atomic E-state index is 10.8. The van der Waals surface area contributed by atoms with Gasteiger partial charge in [0, 0.05) is 50.7 Å². The number of benzene rings is 1. The molecule has 0 N–H and O–H groups in total. The maximum atomic E-state index is 10.8. The Morgan fingerprint density at radius 3 is 2.61 bits per heavy atom. The van der Waals surface area contributed by atoms with Gasteiger partial charge >= 0.3 is 5.97 Å². The molecule has 1 aromatic carbocycles. The van der Waals surface area contributed by atoms with Crippen molar-refractivity contribution in [2.24, 2.45) is 0 Å². The van der Waals surface area contributed by atoms with Crippen molar-refractivity contribution in [2.45, 2.75) is 13.5 Å². The van der Waals surface area contributed by atoms with Crippen molar-refractivity contribution >= 4 is 17.3 Å². The number of nitrogens with zero attached hydrogens (tertiary/aromatic N) is 3. The SMILES string of the molecule is CC(=O)OCc1ccc(-c2cn3ccc(N(C)C)cc3n2)cc1. The molecule has 0 aliphatic carbocycles. The molecule has 3 rings (SSSR count). The first-order chi connectivity index (χ1) is 11.0. The van der Waals surface area contributed by atoms with Crippen LogP contribution >= 0.6 is 0 Å². The highest BCUT2D eigenvalue weighted by Gasteiger charge is 2.06. The number of ether oxygens (including phenoxy) is 1. The van der Waals surface area contributed by atoms with Crippen LogP contribution in [0.2, 0.25) is 0 Å². The highest BCUT2D eigenvalue weighted by atomic mass is 16.5. The number of carbonyl (C=O) groups excluding carboxylic acids is 1. The van der Waals surface area contributed by atoms with Gasteiger partial charge in [-0.1, -0.05) is 24.3 Å². The summed E-state index contributed by atoms with van der Waals surface area (Å²) < 4.78 is 7.00. The zero-order valence-electron chi connectivity index (χ0n) is 13.5. The summed E-state index contributed by atoms with van der Waals surface area (Å²) in [6.45, 7) is 1.71. The van der Waals surface area contributed by atoms with Crippen molar-refractivity contribution in [3.63, 3.8) is 0 Å². The van der Waals surface area contributed by atoms with Gasteiger partial charge in [-0.15, -0.1) is 0 Å². The van der Waals surface area contributed by atoms with E-state index < -0.39 is 0 Å². The Labute approximate surface area is 135 Å². The van der Waals surface area contributed by atoms with Crippen LogP contribution in [0.25, 0.3) is 16.9 Å². The number of fused-ring (bicyclic) bond motifs is 1. The van der Waals surface area contributed by atoms with Gasteiger partial charge in [0.2, 0.25) is 0 Å². The zero-order valence-corrected chi connectivity index (χ0v) is 13.5. The minimum atomic E-state index is -0.272. The summed E-state index contributed by atoms with van der Waals surface area (Å²) in [6.07, 6.45) is 4.02. The van der Waals surface area contributed by atoms with E-state index in [0.29, 0.717) is 6.61 Å². The molecule has 23 heavy (non-hydrogen) atoms. The van der Waals surface area contributed by atoms with Gasteiger partial charge < -0.3 is 14.0 Å². The average Bonchev–Trinajstić information content (AvgIpc) is 2.96. The number of imidazole rings is 1. The molecule has 0 unspecified atom stereocenters. The summed E-state index contributed by atoms with van der Waals surface area (Å²) in [5.74, 6) is -0.272. The molecule has 0 aliphatic rings. The molecule has 0 atom stereocenters. The molecule has 2 aromatic heterocycles. The zero-order chi connectivity index (χ0) is 16.4. The van der Waals surface area contributed by atoms with Crippen LogP contribution in [0.3, 0.4) is 0 Å². The fraction of sp³-hybridized carbons (Fsp3) is 0.222. The van der Waals surface area contributed by atoms with E-state index in [1.54, 1.807) is 0 Å². The highest BCUT2D eigenvalue weighted by molar-refractivity contribution is 5.66. The molecular formula is C18H19N3O2. The molecule has 0 bridgehead atoms. The smallest absolute Gasteiger partial charge is 0.302 e. The molecule has 0 saturated carbocycles. The second-order valence-electron chi connectivity index (χ2n) is 5.65. The van der Waals surface area contributed by atoms with Crippen LogP contribution in [0.5, 0.6) is 0 Å². The quantitative estimate of drug-likeness (QED) is 0.695. The number of hydrogen-bond donors (Lipinski definition) is 0. The lowest BCUT2D eigenvalue weighted by molar-refractivity contribution is -0.142. The summed E-state index contributed by atoms with van der Waals surface area (Å²) in [6, 6.07) is 12.0. The number of anilines is 1. The summed E-state index contributed by atoms with van der Waals surface area (Å²) in [5.41, 5.74) is 4.94. The van der Waals surface area contributed by atoms with Gasteiger partial charge in [-0.3, -0.25) is 4.79 Å². The molecule has 0 spiro atoms.